The molecule has 3 aliphatic heterocycles. The van der Waals surface area contributed by atoms with Gasteiger partial charge in [-0.2, -0.15) is 9.29 Å². The smallest absolute Gasteiger partial charge is 0.388 e. The molecular weight excluding hydrogens is 754 g/mol. The lowest BCUT2D eigenvalue weighted by molar-refractivity contribution is -0.0794. The standard InChI is InChI=1S/C27H32N8O16P2/c1-10-3-12-13(4-11(10)2)34(23-18(31-12)25(42)33-27(43)32-23)5-14(36)19(38)15(37)6-48-52(44,45)51-53(46,47)49-7-16-20(39)21(40)26(50-16)35-9-30-17-22(35)28-8-29-24(17)41/h3-4,8-9,14-16,19-21,26,36-40H,5-7H2,1-2H3,(H,44,45)(H,46,47)(H,28,29,41)(H,33,42,43)/t14-,15+,16-,19-,20-,21-,26?/m1/s1. The number of aliphatic hydroxyl groups is 5. The monoisotopic (exact) mass is 786 g/mol. The van der Waals surface area contributed by atoms with Crippen molar-refractivity contribution in [3.8, 4) is 11.5 Å². The highest BCUT2D eigenvalue weighted by Crippen LogP contribution is 2.60. The van der Waals surface area contributed by atoms with Crippen LogP contribution < -0.4 is 16.8 Å². The molecular formula is C27H32N8O16P2. The summed E-state index contributed by atoms with van der Waals surface area (Å²) >= 11 is 0. The van der Waals surface area contributed by atoms with Gasteiger partial charge in [-0.05, 0) is 37.1 Å². The Hall–Kier alpha value is -4.13. The predicted octanol–water partition coefficient (Wildman–Crippen LogP) is -2.71. The van der Waals surface area contributed by atoms with Gasteiger partial charge in [0.15, 0.2) is 28.9 Å². The summed E-state index contributed by atoms with van der Waals surface area (Å²) < 4.78 is 46.3. The van der Waals surface area contributed by atoms with Crippen molar-refractivity contribution in [2.24, 2.45) is 0 Å². The highest BCUT2D eigenvalue weighted by atomic mass is 31.3. The molecule has 0 amide bonds. The molecule has 26 heteroatoms. The Morgan fingerprint density at radius 3 is 2.38 bits per heavy atom. The van der Waals surface area contributed by atoms with E-state index in [2.05, 4.69) is 38.3 Å². The molecule has 0 saturated carbocycles. The Bertz CT molecular complexity index is 2420. The van der Waals surface area contributed by atoms with Crippen molar-refractivity contribution in [2.75, 3.05) is 13.2 Å². The Balaban J connectivity index is 1.07. The minimum Gasteiger partial charge on any atom is -0.388 e. The average Bonchev–Trinajstić information content (AvgIpc) is 3.63. The number of phosphoric acid groups is 2. The third-order valence-corrected chi connectivity index (χ3v) is 11.0. The molecule has 1 fully saturated rings. The van der Waals surface area contributed by atoms with Crippen LogP contribution in [0.2, 0.25) is 0 Å². The first-order chi connectivity index (χ1) is 24.9. The molecule has 286 valence electrons. The summed E-state index contributed by atoms with van der Waals surface area (Å²) in [6.07, 6.45) is -10.3. The number of aromatic nitrogens is 8. The molecule has 0 spiro atoms. The average molecular weight is 787 g/mol. The van der Waals surface area contributed by atoms with Crippen LogP contribution >= 0.6 is 15.6 Å². The van der Waals surface area contributed by atoms with Crippen molar-refractivity contribution in [3.63, 3.8) is 0 Å². The van der Waals surface area contributed by atoms with Gasteiger partial charge in [-0.15, -0.1) is 0 Å². The van der Waals surface area contributed by atoms with E-state index in [0.717, 1.165) is 28.3 Å². The highest BCUT2D eigenvalue weighted by molar-refractivity contribution is 7.61. The molecule has 9 atom stereocenters. The van der Waals surface area contributed by atoms with E-state index >= 15 is 0 Å². The summed E-state index contributed by atoms with van der Waals surface area (Å²) in [5.74, 6) is -0.247. The number of benzene rings is 1. The number of hydrogen-bond acceptors (Lipinski definition) is 18. The van der Waals surface area contributed by atoms with Crippen LogP contribution in [0.1, 0.15) is 17.4 Å². The second-order valence-electron chi connectivity index (χ2n) is 12.0. The van der Waals surface area contributed by atoms with Gasteiger partial charge in [0.1, 0.15) is 36.6 Å². The van der Waals surface area contributed by atoms with Gasteiger partial charge in [0.2, 0.25) is 0 Å². The number of imidazole rings is 1. The van der Waals surface area contributed by atoms with E-state index in [0.29, 0.717) is 5.52 Å². The van der Waals surface area contributed by atoms with Crippen LogP contribution in [0, 0.1) is 13.8 Å². The van der Waals surface area contributed by atoms with Crippen molar-refractivity contribution < 1.29 is 62.5 Å². The quantitative estimate of drug-likeness (QED) is 0.0432. The summed E-state index contributed by atoms with van der Waals surface area (Å²) in [6, 6.07) is 3.28. The predicted molar refractivity (Wildman–Crippen MR) is 175 cm³/mol. The van der Waals surface area contributed by atoms with Crippen LogP contribution in [0.4, 0.5) is 0 Å². The fraction of sp³-hybridized carbons (Fsp3) is 0.444. The SMILES string of the molecule is Cc1cc2nc3c(=O)[nH]c(=O)nc-3n(C[C@@H](O)[C@@H](O)[C@@H](O)COP(=O)(O)OP(=O)(O)OC[C@H]3OC(n4cnc5c(=O)[nH]cnc54)[C@H](O)[C@@H]3O)c2cc1C. The number of fused-ring (bicyclic) bond motifs is 3. The number of hydrogen-bond donors (Lipinski definition) is 9. The molecule has 53 heavy (non-hydrogen) atoms. The number of H-pyrrole nitrogens is 2. The molecule has 3 aromatic rings. The number of aryl methyl sites for hydroxylation is 2. The molecule has 0 aliphatic carbocycles. The van der Waals surface area contributed by atoms with E-state index in [1.807, 2.05) is 4.98 Å². The Morgan fingerprint density at radius 2 is 1.64 bits per heavy atom. The topological polar surface area (TPSA) is 357 Å². The van der Waals surface area contributed by atoms with Gasteiger partial charge in [-0.25, -0.2) is 28.9 Å². The molecule has 6 rings (SSSR count). The lowest BCUT2D eigenvalue weighted by Gasteiger charge is -2.26. The lowest BCUT2D eigenvalue weighted by atomic mass is 10.1. The van der Waals surface area contributed by atoms with E-state index in [1.54, 1.807) is 26.0 Å². The summed E-state index contributed by atoms with van der Waals surface area (Å²) in [5, 5.41) is 53.0. The fourth-order valence-electron chi connectivity index (χ4n) is 5.55. The van der Waals surface area contributed by atoms with Gasteiger partial charge in [0.05, 0.1) is 43.4 Å². The molecule has 5 heterocycles. The van der Waals surface area contributed by atoms with Gasteiger partial charge >= 0.3 is 21.3 Å². The molecule has 9 N–H and O–H groups in total. The van der Waals surface area contributed by atoms with Crippen molar-refractivity contribution in [3.05, 3.63) is 67.1 Å². The van der Waals surface area contributed by atoms with E-state index in [4.69, 9.17) is 4.74 Å². The highest BCUT2D eigenvalue weighted by Gasteiger charge is 2.46. The third kappa shape index (κ3) is 7.91. The zero-order chi connectivity index (χ0) is 38.6. The van der Waals surface area contributed by atoms with Crippen LogP contribution in [0.25, 0.3) is 33.7 Å². The number of nitrogens with zero attached hydrogens (tertiary/aromatic N) is 6. The fourth-order valence-corrected chi connectivity index (χ4v) is 7.64. The first-order valence-electron chi connectivity index (χ1n) is 15.4. The first-order valence-corrected chi connectivity index (χ1v) is 18.4. The van der Waals surface area contributed by atoms with Crippen molar-refractivity contribution >= 4 is 37.8 Å². The maximum Gasteiger partial charge on any atom is 0.481 e. The molecule has 24 nitrogen and oxygen atoms in total. The van der Waals surface area contributed by atoms with E-state index in [-0.39, 0.29) is 28.2 Å². The zero-order valence-corrected chi connectivity index (χ0v) is 29.1. The second kappa shape index (κ2) is 14.6. The molecule has 3 unspecified atom stereocenters. The Labute approximate surface area is 294 Å². The van der Waals surface area contributed by atoms with E-state index < -0.39 is 95.1 Å². The van der Waals surface area contributed by atoms with Crippen molar-refractivity contribution in [2.45, 2.75) is 63.2 Å². The van der Waals surface area contributed by atoms with Crippen LogP contribution in [0.3, 0.4) is 0 Å². The maximum atomic E-state index is 12.5. The molecule has 1 aromatic carbocycles. The molecule has 1 saturated heterocycles. The molecule has 0 bridgehead atoms. The summed E-state index contributed by atoms with van der Waals surface area (Å²) in [5.41, 5.74) is -0.716. The maximum absolute atomic E-state index is 12.5. The summed E-state index contributed by atoms with van der Waals surface area (Å²) in [7, 11) is -11.1. The zero-order valence-electron chi connectivity index (χ0n) is 27.4. The van der Waals surface area contributed by atoms with Crippen molar-refractivity contribution in [1.29, 1.82) is 0 Å². The number of aromatic amines is 2. The molecule has 3 aliphatic rings. The molecule has 0 radical (unpaired) electrons. The number of ether oxygens (including phenoxy) is 1. The summed E-state index contributed by atoms with van der Waals surface area (Å²) in [6.45, 7) is 0.738. The van der Waals surface area contributed by atoms with Gasteiger partial charge in [0.25, 0.3) is 11.1 Å². The Kier molecular flexibility index (Phi) is 10.6. The van der Waals surface area contributed by atoms with Gasteiger partial charge < -0.3 is 49.6 Å². The minimum absolute atomic E-state index is 0.0179. The largest absolute Gasteiger partial charge is 0.481 e. The summed E-state index contributed by atoms with van der Waals surface area (Å²) in [4.78, 5) is 76.8. The normalized spacial score (nSPS) is 23.3. The van der Waals surface area contributed by atoms with Crippen LogP contribution in [-0.2, 0) is 33.8 Å². The number of rotatable bonds is 13. The third-order valence-electron chi connectivity index (χ3n) is 8.38. The minimum atomic E-state index is -5.56. The molecule has 2 aromatic heterocycles. The van der Waals surface area contributed by atoms with Gasteiger partial charge in [0, 0.05) is 0 Å². The first kappa shape index (κ1) is 38.6. The number of aliphatic hydroxyl groups excluding tert-OH is 5. The number of nitrogens with one attached hydrogen (secondary N) is 2. The Morgan fingerprint density at radius 1 is 0.943 bits per heavy atom. The van der Waals surface area contributed by atoms with E-state index in [1.165, 1.54) is 4.57 Å². The van der Waals surface area contributed by atoms with Gasteiger partial charge in [-0.3, -0.25) is 28.2 Å². The van der Waals surface area contributed by atoms with E-state index in [9.17, 15) is 58.8 Å². The van der Waals surface area contributed by atoms with Gasteiger partial charge in [-0.1, -0.05) is 0 Å². The van der Waals surface area contributed by atoms with Crippen LogP contribution in [0.15, 0.2) is 39.2 Å². The second-order valence-corrected chi connectivity index (χ2v) is 15.1. The van der Waals surface area contributed by atoms with Crippen LogP contribution in [0.5, 0.6) is 0 Å². The number of phosphoric ester groups is 2. The lowest BCUT2D eigenvalue weighted by Crippen LogP contribution is -2.42. The van der Waals surface area contributed by atoms with Crippen LogP contribution in [-0.4, -0.2) is 124 Å². The van der Waals surface area contributed by atoms with Crippen molar-refractivity contribution in [1.82, 2.24) is 39.0 Å².